The number of esters is 1. The first-order chi connectivity index (χ1) is 12.6. The van der Waals surface area contributed by atoms with Gasteiger partial charge in [0.25, 0.3) is 5.91 Å². The van der Waals surface area contributed by atoms with Gasteiger partial charge >= 0.3 is 5.97 Å². The third-order valence-corrected chi connectivity index (χ3v) is 4.60. The van der Waals surface area contributed by atoms with Crippen molar-refractivity contribution >= 4 is 45.4 Å². The Bertz CT molecular complexity index is 955. The average molecular weight is 429 g/mol. The van der Waals surface area contributed by atoms with Gasteiger partial charge in [0, 0.05) is 10.0 Å². The molecule has 1 heterocycles. The number of halogens is 1. The maximum Gasteiger partial charge on any atom is 0.353 e. The van der Waals surface area contributed by atoms with Crippen molar-refractivity contribution in [2.75, 3.05) is 0 Å². The summed E-state index contributed by atoms with van der Waals surface area (Å²) >= 11 is 4.64. The zero-order valence-electron chi connectivity index (χ0n) is 13.4. The smallest absolute Gasteiger partial charge is 0.353 e. The number of hydrogen-bond donors (Lipinski definition) is 1. The quantitative estimate of drug-likeness (QED) is 0.281. The van der Waals surface area contributed by atoms with E-state index in [0.29, 0.717) is 21.8 Å². The normalized spacial score (nSPS) is 10.7. The van der Waals surface area contributed by atoms with Crippen molar-refractivity contribution in [1.82, 2.24) is 5.43 Å². The SMILES string of the molecule is O=C(NN=Cc1cccc(OC(=O)c2cccs2)c1)c1cccc(Br)c1. The summed E-state index contributed by atoms with van der Waals surface area (Å²) in [6.07, 6.45) is 1.48. The Morgan fingerprint density at radius 2 is 1.92 bits per heavy atom. The van der Waals surface area contributed by atoms with E-state index in [2.05, 4.69) is 26.5 Å². The van der Waals surface area contributed by atoms with E-state index < -0.39 is 5.97 Å². The van der Waals surface area contributed by atoms with Crippen LogP contribution in [-0.4, -0.2) is 18.1 Å². The van der Waals surface area contributed by atoms with Crippen LogP contribution in [0, 0.1) is 0 Å². The molecule has 0 fully saturated rings. The summed E-state index contributed by atoms with van der Waals surface area (Å²) in [6.45, 7) is 0. The molecule has 0 saturated heterocycles. The maximum absolute atomic E-state index is 12.0. The van der Waals surface area contributed by atoms with Gasteiger partial charge in [-0.05, 0) is 47.3 Å². The summed E-state index contributed by atoms with van der Waals surface area (Å²) in [4.78, 5) is 24.5. The third-order valence-electron chi connectivity index (χ3n) is 3.26. The van der Waals surface area contributed by atoms with Gasteiger partial charge in [-0.1, -0.05) is 40.2 Å². The summed E-state index contributed by atoms with van der Waals surface area (Å²) in [5.74, 6) is -0.314. The van der Waals surface area contributed by atoms with E-state index in [1.165, 1.54) is 17.6 Å². The van der Waals surface area contributed by atoms with E-state index in [1.807, 2.05) is 11.4 Å². The number of benzene rings is 2. The molecule has 0 unspecified atom stereocenters. The van der Waals surface area contributed by atoms with Crippen molar-refractivity contribution in [2.24, 2.45) is 5.10 Å². The summed E-state index contributed by atoms with van der Waals surface area (Å²) in [6, 6.07) is 17.4. The number of carbonyl (C=O) groups excluding carboxylic acids is 2. The molecule has 0 radical (unpaired) electrons. The summed E-state index contributed by atoms with van der Waals surface area (Å²) in [5.41, 5.74) is 3.65. The van der Waals surface area contributed by atoms with Crippen LogP contribution in [-0.2, 0) is 0 Å². The molecule has 1 amide bonds. The highest BCUT2D eigenvalue weighted by atomic mass is 79.9. The van der Waals surface area contributed by atoms with Crippen LogP contribution in [0.4, 0.5) is 0 Å². The Morgan fingerprint density at radius 3 is 2.69 bits per heavy atom. The standard InChI is InChI=1S/C19H13BrN2O3S/c20-15-6-2-5-14(11-15)18(23)22-21-12-13-4-1-7-16(10-13)25-19(24)17-8-3-9-26-17/h1-12H,(H,22,23). The number of hydrogen-bond acceptors (Lipinski definition) is 5. The van der Waals surface area contributed by atoms with Gasteiger partial charge in [-0.25, -0.2) is 10.2 Å². The molecule has 1 aromatic heterocycles. The second kappa shape index (κ2) is 8.55. The highest BCUT2D eigenvalue weighted by Gasteiger charge is 2.09. The van der Waals surface area contributed by atoms with E-state index in [0.717, 1.165) is 4.47 Å². The predicted octanol–water partition coefficient (Wildman–Crippen LogP) is 4.49. The molecule has 1 N–H and O–H groups in total. The van der Waals surface area contributed by atoms with E-state index in [9.17, 15) is 9.59 Å². The van der Waals surface area contributed by atoms with Crippen molar-refractivity contribution in [2.45, 2.75) is 0 Å². The fourth-order valence-corrected chi connectivity index (χ4v) is 3.07. The Morgan fingerprint density at radius 1 is 1.08 bits per heavy atom. The Balaban J connectivity index is 1.62. The van der Waals surface area contributed by atoms with Crippen LogP contribution < -0.4 is 10.2 Å². The fourth-order valence-electron chi connectivity index (χ4n) is 2.07. The van der Waals surface area contributed by atoms with Crippen LogP contribution >= 0.6 is 27.3 Å². The molecule has 0 saturated carbocycles. The lowest BCUT2D eigenvalue weighted by atomic mass is 10.2. The highest BCUT2D eigenvalue weighted by molar-refractivity contribution is 9.10. The fraction of sp³-hybridized carbons (Fsp3) is 0. The lowest BCUT2D eigenvalue weighted by Gasteiger charge is -2.03. The Hall–Kier alpha value is -2.77. The van der Waals surface area contributed by atoms with Gasteiger partial charge < -0.3 is 4.74 Å². The maximum atomic E-state index is 12.0. The molecule has 7 heteroatoms. The number of nitrogens with one attached hydrogen (secondary N) is 1. The number of amides is 1. The minimum absolute atomic E-state index is 0.317. The molecule has 26 heavy (non-hydrogen) atoms. The second-order valence-corrected chi connectivity index (χ2v) is 7.01. The average Bonchev–Trinajstić information content (AvgIpc) is 3.17. The summed E-state index contributed by atoms with van der Waals surface area (Å²) in [5, 5.41) is 5.75. The van der Waals surface area contributed by atoms with Crippen LogP contribution in [0.5, 0.6) is 5.75 Å². The molecule has 3 rings (SSSR count). The molecule has 5 nitrogen and oxygen atoms in total. The molecular weight excluding hydrogens is 416 g/mol. The molecule has 0 aliphatic heterocycles. The first kappa shape index (κ1) is 18.0. The largest absolute Gasteiger partial charge is 0.422 e. The molecule has 130 valence electrons. The van der Waals surface area contributed by atoms with Crippen molar-refractivity contribution < 1.29 is 14.3 Å². The lowest BCUT2D eigenvalue weighted by molar-refractivity contribution is 0.0739. The van der Waals surface area contributed by atoms with Crippen molar-refractivity contribution in [3.8, 4) is 5.75 Å². The first-order valence-electron chi connectivity index (χ1n) is 7.56. The first-order valence-corrected chi connectivity index (χ1v) is 9.24. The van der Waals surface area contributed by atoms with Gasteiger partial charge in [-0.15, -0.1) is 11.3 Å². The number of carbonyl (C=O) groups is 2. The van der Waals surface area contributed by atoms with E-state index in [-0.39, 0.29) is 5.91 Å². The minimum Gasteiger partial charge on any atom is -0.422 e. The molecule has 0 atom stereocenters. The van der Waals surface area contributed by atoms with E-state index in [4.69, 9.17) is 4.74 Å². The lowest BCUT2D eigenvalue weighted by Crippen LogP contribution is -2.17. The number of rotatable bonds is 5. The number of hydrazone groups is 1. The number of nitrogens with zero attached hydrogens (tertiary/aromatic N) is 1. The molecule has 2 aromatic carbocycles. The van der Waals surface area contributed by atoms with Crippen LogP contribution in [0.1, 0.15) is 25.6 Å². The minimum atomic E-state index is -0.406. The van der Waals surface area contributed by atoms with Gasteiger partial charge in [0.05, 0.1) is 6.21 Å². The number of thiophene rings is 1. The van der Waals surface area contributed by atoms with Gasteiger partial charge in [0.1, 0.15) is 10.6 Å². The van der Waals surface area contributed by atoms with Gasteiger partial charge in [0.15, 0.2) is 0 Å². The molecule has 0 bridgehead atoms. The predicted molar refractivity (Wildman–Crippen MR) is 105 cm³/mol. The van der Waals surface area contributed by atoms with Gasteiger partial charge in [0.2, 0.25) is 0 Å². The summed E-state index contributed by atoms with van der Waals surface area (Å²) < 4.78 is 6.14. The molecule has 0 aliphatic rings. The van der Waals surface area contributed by atoms with Gasteiger partial charge in [-0.3, -0.25) is 4.79 Å². The van der Waals surface area contributed by atoms with Crippen molar-refractivity contribution in [3.63, 3.8) is 0 Å². The highest BCUT2D eigenvalue weighted by Crippen LogP contribution is 2.16. The zero-order valence-corrected chi connectivity index (χ0v) is 15.8. The Labute approximate surface area is 162 Å². The zero-order chi connectivity index (χ0) is 18.4. The van der Waals surface area contributed by atoms with Crippen LogP contribution in [0.15, 0.2) is 75.6 Å². The van der Waals surface area contributed by atoms with Crippen molar-refractivity contribution in [1.29, 1.82) is 0 Å². The van der Waals surface area contributed by atoms with E-state index >= 15 is 0 Å². The molecule has 0 aliphatic carbocycles. The van der Waals surface area contributed by atoms with Crippen molar-refractivity contribution in [3.05, 3.63) is 86.5 Å². The van der Waals surface area contributed by atoms with Crippen LogP contribution in [0.25, 0.3) is 0 Å². The van der Waals surface area contributed by atoms with Gasteiger partial charge in [-0.2, -0.15) is 5.10 Å². The number of ether oxygens (including phenoxy) is 1. The molecule has 3 aromatic rings. The Kier molecular flexibility index (Phi) is 5.93. The van der Waals surface area contributed by atoms with E-state index in [1.54, 1.807) is 54.6 Å². The van der Waals surface area contributed by atoms with Crippen LogP contribution in [0.3, 0.4) is 0 Å². The monoisotopic (exact) mass is 428 g/mol. The summed E-state index contributed by atoms with van der Waals surface area (Å²) in [7, 11) is 0. The third kappa shape index (κ3) is 4.87. The molecule has 0 spiro atoms. The topological polar surface area (TPSA) is 67.8 Å². The molecular formula is C19H13BrN2O3S. The second-order valence-electron chi connectivity index (χ2n) is 5.15. The van der Waals surface area contributed by atoms with Crippen LogP contribution in [0.2, 0.25) is 0 Å².